The minimum Gasteiger partial charge on any atom is -0.373 e. The summed E-state index contributed by atoms with van der Waals surface area (Å²) in [5.41, 5.74) is 2.49. The number of nitrogens with zero attached hydrogens (tertiary/aromatic N) is 1. The third-order valence-electron chi connectivity index (χ3n) is 5.46. The molecular weight excluding hydrogens is 404 g/mol. The molecule has 2 aromatic rings. The molecule has 27 heavy (non-hydrogen) atoms. The van der Waals surface area contributed by atoms with Crippen molar-refractivity contribution in [2.45, 2.75) is 43.9 Å². The second kappa shape index (κ2) is 8.44. The quantitative estimate of drug-likeness (QED) is 0.749. The van der Waals surface area contributed by atoms with Gasteiger partial charge in [0, 0.05) is 29.5 Å². The molecule has 1 N–H and O–H groups in total. The second-order valence-electron chi connectivity index (χ2n) is 7.40. The van der Waals surface area contributed by atoms with E-state index in [-0.39, 0.29) is 18.2 Å². The van der Waals surface area contributed by atoms with Gasteiger partial charge >= 0.3 is 6.03 Å². The summed E-state index contributed by atoms with van der Waals surface area (Å²) >= 11 is 3.61. The third kappa shape index (κ3) is 4.71. The molecule has 2 aliphatic rings. The molecule has 0 radical (unpaired) electrons. The minimum atomic E-state index is 0.0658. The van der Waals surface area contributed by atoms with Crippen LogP contribution in [0.5, 0.6) is 0 Å². The summed E-state index contributed by atoms with van der Waals surface area (Å²) in [5, 5.41) is 3.20. The number of hydrogen-bond acceptors (Lipinski definition) is 2. The number of likely N-dealkylation sites (tertiary alicyclic amines) is 1. The summed E-state index contributed by atoms with van der Waals surface area (Å²) in [7, 11) is 0. The van der Waals surface area contributed by atoms with Crippen LogP contribution in [0.4, 0.5) is 4.79 Å². The summed E-state index contributed by atoms with van der Waals surface area (Å²) in [4.78, 5) is 14.5. The minimum absolute atomic E-state index is 0.0658. The molecule has 1 saturated carbocycles. The zero-order valence-electron chi connectivity index (χ0n) is 15.3. The zero-order valence-corrected chi connectivity index (χ0v) is 16.9. The van der Waals surface area contributed by atoms with E-state index in [0.29, 0.717) is 12.5 Å². The first-order chi connectivity index (χ1) is 13.2. The van der Waals surface area contributed by atoms with Crippen LogP contribution in [0.25, 0.3) is 0 Å². The molecule has 2 amide bonds. The fourth-order valence-corrected chi connectivity index (χ4v) is 4.32. The lowest BCUT2D eigenvalue weighted by Gasteiger charge is -2.32. The molecule has 2 unspecified atom stereocenters. The Balaban J connectivity index is 1.20. The van der Waals surface area contributed by atoms with Crippen molar-refractivity contribution in [3.8, 4) is 0 Å². The highest BCUT2D eigenvalue weighted by atomic mass is 79.9. The van der Waals surface area contributed by atoms with Crippen molar-refractivity contribution in [1.29, 1.82) is 0 Å². The van der Waals surface area contributed by atoms with Crippen molar-refractivity contribution in [2.24, 2.45) is 0 Å². The molecule has 1 heterocycles. The molecule has 4 rings (SSSR count). The Bertz CT molecular complexity index is 775. The fourth-order valence-electron chi connectivity index (χ4n) is 3.74. The van der Waals surface area contributed by atoms with Crippen LogP contribution < -0.4 is 5.32 Å². The van der Waals surface area contributed by atoms with E-state index in [1.807, 2.05) is 29.2 Å². The van der Waals surface area contributed by atoms with E-state index in [1.54, 1.807) is 0 Å². The van der Waals surface area contributed by atoms with E-state index >= 15 is 0 Å². The molecule has 142 valence electrons. The summed E-state index contributed by atoms with van der Waals surface area (Å²) in [6.07, 6.45) is 3.06. The van der Waals surface area contributed by atoms with E-state index in [4.69, 9.17) is 4.74 Å². The summed E-state index contributed by atoms with van der Waals surface area (Å²) in [5.74, 6) is 0.427. The second-order valence-corrected chi connectivity index (χ2v) is 8.26. The molecule has 0 bridgehead atoms. The number of urea groups is 1. The van der Waals surface area contributed by atoms with Gasteiger partial charge in [-0.1, -0.05) is 64.5 Å². The van der Waals surface area contributed by atoms with Gasteiger partial charge in [-0.25, -0.2) is 4.79 Å². The number of rotatable bonds is 5. The van der Waals surface area contributed by atoms with Crippen molar-refractivity contribution in [3.05, 3.63) is 70.2 Å². The highest BCUT2D eigenvalue weighted by Gasteiger charge is 2.41. The first kappa shape index (κ1) is 18.5. The van der Waals surface area contributed by atoms with Crippen LogP contribution in [0.1, 0.15) is 36.3 Å². The van der Waals surface area contributed by atoms with Crippen LogP contribution >= 0.6 is 15.9 Å². The number of benzene rings is 2. The lowest BCUT2D eigenvalue weighted by Crippen LogP contribution is -2.46. The Morgan fingerprint density at radius 3 is 2.52 bits per heavy atom. The number of halogens is 1. The van der Waals surface area contributed by atoms with Crippen LogP contribution in [0.3, 0.4) is 0 Å². The molecule has 5 heteroatoms. The summed E-state index contributed by atoms with van der Waals surface area (Å²) in [6.45, 7) is 2.17. The van der Waals surface area contributed by atoms with Gasteiger partial charge in [-0.05, 0) is 36.5 Å². The normalized spacial score (nSPS) is 22.5. The van der Waals surface area contributed by atoms with Gasteiger partial charge in [0.05, 0.1) is 12.7 Å². The monoisotopic (exact) mass is 428 g/mol. The van der Waals surface area contributed by atoms with E-state index in [2.05, 4.69) is 51.6 Å². The molecule has 1 saturated heterocycles. The molecule has 1 aliphatic heterocycles. The first-order valence-corrected chi connectivity index (χ1v) is 10.5. The van der Waals surface area contributed by atoms with Crippen molar-refractivity contribution in [2.75, 3.05) is 13.1 Å². The number of piperidine rings is 1. The SMILES string of the molecule is O=C(NC1CC1c1ccccc1Br)N1CCC(OCc2ccccc2)CC1. The number of ether oxygens (including phenoxy) is 1. The molecule has 2 aromatic carbocycles. The summed E-state index contributed by atoms with van der Waals surface area (Å²) in [6, 6.07) is 18.8. The van der Waals surface area contributed by atoms with Gasteiger partial charge in [0.25, 0.3) is 0 Å². The number of nitrogens with one attached hydrogen (secondary N) is 1. The largest absolute Gasteiger partial charge is 0.373 e. The number of hydrogen-bond donors (Lipinski definition) is 1. The van der Waals surface area contributed by atoms with Gasteiger partial charge < -0.3 is 15.0 Å². The number of amides is 2. The molecule has 2 atom stereocenters. The van der Waals surface area contributed by atoms with Crippen LogP contribution in [-0.2, 0) is 11.3 Å². The Morgan fingerprint density at radius 1 is 1.07 bits per heavy atom. The number of carbonyl (C=O) groups excluding carboxylic acids is 1. The van der Waals surface area contributed by atoms with Crippen molar-refractivity contribution >= 4 is 22.0 Å². The molecule has 2 fully saturated rings. The maximum atomic E-state index is 12.6. The predicted octanol–water partition coefficient (Wildman–Crippen LogP) is 4.70. The van der Waals surface area contributed by atoms with Crippen molar-refractivity contribution in [1.82, 2.24) is 10.2 Å². The van der Waals surface area contributed by atoms with Gasteiger partial charge in [0.1, 0.15) is 0 Å². The van der Waals surface area contributed by atoms with Crippen LogP contribution in [0.15, 0.2) is 59.1 Å². The predicted molar refractivity (Wildman–Crippen MR) is 110 cm³/mol. The lowest BCUT2D eigenvalue weighted by molar-refractivity contribution is 0.00444. The van der Waals surface area contributed by atoms with Crippen LogP contribution in [0.2, 0.25) is 0 Å². The van der Waals surface area contributed by atoms with Gasteiger partial charge in [-0.2, -0.15) is 0 Å². The van der Waals surface area contributed by atoms with Crippen LogP contribution in [0, 0.1) is 0 Å². The van der Waals surface area contributed by atoms with E-state index < -0.39 is 0 Å². The van der Waals surface area contributed by atoms with Crippen LogP contribution in [-0.4, -0.2) is 36.2 Å². The lowest BCUT2D eigenvalue weighted by atomic mass is 10.1. The zero-order chi connectivity index (χ0) is 18.6. The number of carbonyl (C=O) groups is 1. The topological polar surface area (TPSA) is 41.6 Å². The van der Waals surface area contributed by atoms with Gasteiger partial charge in [-0.15, -0.1) is 0 Å². The molecule has 0 spiro atoms. The molecular formula is C22H25BrN2O2. The van der Waals surface area contributed by atoms with E-state index in [0.717, 1.165) is 36.8 Å². The highest BCUT2D eigenvalue weighted by molar-refractivity contribution is 9.10. The Hall–Kier alpha value is -1.85. The standard InChI is InChI=1S/C22H25BrN2O2/c23-20-9-5-4-8-18(20)19-14-21(19)24-22(26)25-12-10-17(11-13-25)27-15-16-6-2-1-3-7-16/h1-9,17,19,21H,10-15H2,(H,24,26). The third-order valence-corrected chi connectivity index (χ3v) is 6.18. The average Bonchev–Trinajstić information content (AvgIpc) is 3.46. The van der Waals surface area contributed by atoms with Crippen molar-refractivity contribution in [3.63, 3.8) is 0 Å². The van der Waals surface area contributed by atoms with Gasteiger partial charge in [0.2, 0.25) is 0 Å². The molecule has 0 aromatic heterocycles. The molecule has 4 nitrogen and oxygen atoms in total. The Morgan fingerprint density at radius 2 is 1.78 bits per heavy atom. The van der Waals surface area contributed by atoms with E-state index in [9.17, 15) is 4.79 Å². The fraction of sp³-hybridized carbons (Fsp3) is 0.409. The van der Waals surface area contributed by atoms with Gasteiger partial charge in [0.15, 0.2) is 0 Å². The Labute approximate surface area is 169 Å². The smallest absolute Gasteiger partial charge is 0.317 e. The Kier molecular flexibility index (Phi) is 5.79. The van der Waals surface area contributed by atoms with Gasteiger partial charge in [-0.3, -0.25) is 0 Å². The maximum absolute atomic E-state index is 12.6. The first-order valence-electron chi connectivity index (χ1n) is 9.66. The highest BCUT2D eigenvalue weighted by Crippen LogP contribution is 2.43. The average molecular weight is 429 g/mol. The summed E-state index contributed by atoms with van der Waals surface area (Å²) < 4.78 is 7.14. The van der Waals surface area contributed by atoms with E-state index in [1.165, 1.54) is 11.1 Å². The van der Waals surface area contributed by atoms with Crippen molar-refractivity contribution < 1.29 is 9.53 Å². The molecule has 1 aliphatic carbocycles. The maximum Gasteiger partial charge on any atom is 0.317 e.